The maximum atomic E-state index is 13.4. The first-order valence-corrected chi connectivity index (χ1v) is 14.5. The molecule has 41 heavy (non-hydrogen) atoms. The summed E-state index contributed by atoms with van der Waals surface area (Å²) >= 11 is 0. The maximum Gasteiger partial charge on any atom is 0.410 e. The molecule has 1 N–H and O–H groups in total. The first kappa shape index (κ1) is 25.6. The van der Waals surface area contributed by atoms with E-state index in [9.17, 15) is 15.2 Å². The molecular formula is C36H32N2O3. The number of hydrogen-bond acceptors (Lipinski definition) is 4. The first-order chi connectivity index (χ1) is 20.0. The van der Waals surface area contributed by atoms with Gasteiger partial charge in [0.15, 0.2) is 0 Å². The Morgan fingerprint density at radius 1 is 0.829 bits per heavy atom. The van der Waals surface area contributed by atoms with Crippen LogP contribution >= 0.6 is 0 Å². The molecule has 2 fully saturated rings. The van der Waals surface area contributed by atoms with Crippen LogP contribution in [0.5, 0.6) is 0 Å². The Morgan fingerprint density at radius 3 is 2.00 bits per heavy atom. The van der Waals surface area contributed by atoms with Gasteiger partial charge in [0.1, 0.15) is 6.61 Å². The number of carbonyl (C=O) groups is 1. The summed E-state index contributed by atoms with van der Waals surface area (Å²) in [5.41, 5.74) is 7.59. The lowest BCUT2D eigenvalue weighted by Crippen LogP contribution is -2.54. The zero-order valence-corrected chi connectivity index (χ0v) is 22.9. The predicted octanol–water partition coefficient (Wildman–Crippen LogP) is 7.07. The average Bonchev–Trinajstić information content (AvgIpc) is 3.48. The van der Waals surface area contributed by atoms with Gasteiger partial charge in [0.25, 0.3) is 0 Å². The number of nitriles is 1. The van der Waals surface area contributed by atoms with Crippen LogP contribution < -0.4 is 0 Å². The average molecular weight is 541 g/mol. The smallest absolute Gasteiger partial charge is 0.410 e. The van der Waals surface area contributed by atoms with Gasteiger partial charge < -0.3 is 14.7 Å². The van der Waals surface area contributed by atoms with Crippen molar-refractivity contribution >= 4 is 6.09 Å². The Kier molecular flexibility index (Phi) is 6.37. The van der Waals surface area contributed by atoms with Gasteiger partial charge in [-0.05, 0) is 70.7 Å². The number of benzene rings is 4. The molecule has 1 aliphatic carbocycles. The largest absolute Gasteiger partial charge is 0.448 e. The topological polar surface area (TPSA) is 73.6 Å². The Bertz CT molecular complexity index is 1590. The van der Waals surface area contributed by atoms with Crippen LogP contribution in [0.4, 0.5) is 4.79 Å². The third-order valence-corrected chi connectivity index (χ3v) is 9.24. The van der Waals surface area contributed by atoms with Crippen molar-refractivity contribution in [2.24, 2.45) is 0 Å². The number of hydrogen-bond donors (Lipinski definition) is 1. The number of rotatable bonds is 5. The van der Waals surface area contributed by atoms with Crippen LogP contribution in [0.3, 0.4) is 0 Å². The van der Waals surface area contributed by atoms with E-state index in [1.807, 2.05) is 65.6 Å². The molecule has 4 aromatic carbocycles. The van der Waals surface area contributed by atoms with Crippen LogP contribution in [0.2, 0.25) is 0 Å². The highest BCUT2D eigenvalue weighted by atomic mass is 16.6. The van der Waals surface area contributed by atoms with E-state index >= 15 is 0 Å². The van der Waals surface area contributed by atoms with Crippen LogP contribution in [0, 0.1) is 11.3 Å². The number of nitrogens with zero attached hydrogens (tertiary/aromatic N) is 2. The number of piperidine rings is 1. The molecule has 0 aromatic heterocycles. The third-order valence-electron chi connectivity index (χ3n) is 9.24. The molecule has 2 heterocycles. The molecule has 2 atom stereocenters. The van der Waals surface area contributed by atoms with E-state index in [2.05, 4.69) is 42.5 Å². The van der Waals surface area contributed by atoms with Gasteiger partial charge >= 0.3 is 6.09 Å². The lowest BCUT2D eigenvalue weighted by molar-refractivity contribution is -0.0479. The van der Waals surface area contributed by atoms with Crippen molar-refractivity contribution in [2.45, 2.75) is 55.7 Å². The minimum atomic E-state index is -0.863. The van der Waals surface area contributed by atoms with Crippen molar-refractivity contribution < 1.29 is 14.6 Å². The van der Waals surface area contributed by atoms with Gasteiger partial charge in [0.05, 0.1) is 17.2 Å². The molecule has 2 saturated heterocycles. The molecule has 5 nitrogen and oxygen atoms in total. The molecular weight excluding hydrogens is 508 g/mol. The Morgan fingerprint density at radius 2 is 1.39 bits per heavy atom. The molecule has 2 bridgehead atoms. The van der Waals surface area contributed by atoms with Gasteiger partial charge in [-0.15, -0.1) is 0 Å². The number of ether oxygens (including phenoxy) is 1. The fourth-order valence-corrected chi connectivity index (χ4v) is 7.45. The summed E-state index contributed by atoms with van der Waals surface area (Å²) in [6, 6.07) is 34.7. The van der Waals surface area contributed by atoms with Gasteiger partial charge in [0, 0.05) is 24.4 Å². The van der Waals surface area contributed by atoms with Crippen molar-refractivity contribution in [1.82, 2.24) is 4.90 Å². The fourth-order valence-electron chi connectivity index (χ4n) is 7.45. The molecule has 2 aliphatic heterocycles. The standard InChI is InChI=1S/C36H32N2O3/c37-22-26-7-1-2-8-29(26)25-15-13-24(14-16-25)19-36(40)20-27-17-18-28(21-36)38(27)35(39)41-23-34-32-11-5-3-9-30(32)31-10-4-6-12-33(31)34/h1-16,27-28,34,40H,17-21,23H2. The molecule has 0 spiro atoms. The summed E-state index contributed by atoms with van der Waals surface area (Å²) in [7, 11) is 0. The Labute approximate surface area is 240 Å². The summed E-state index contributed by atoms with van der Waals surface area (Å²) in [5.74, 6) is 0.0359. The summed E-state index contributed by atoms with van der Waals surface area (Å²) in [5, 5.41) is 21.1. The van der Waals surface area contributed by atoms with Crippen molar-refractivity contribution in [3.63, 3.8) is 0 Å². The quantitative estimate of drug-likeness (QED) is 0.294. The molecule has 5 heteroatoms. The van der Waals surface area contributed by atoms with Crippen LogP contribution in [-0.2, 0) is 11.2 Å². The molecule has 7 rings (SSSR count). The lowest BCUT2D eigenvalue weighted by atomic mass is 9.81. The van der Waals surface area contributed by atoms with Crippen molar-refractivity contribution in [2.75, 3.05) is 6.61 Å². The molecule has 0 radical (unpaired) electrons. The first-order valence-electron chi connectivity index (χ1n) is 14.5. The second-order valence-corrected chi connectivity index (χ2v) is 11.8. The van der Waals surface area contributed by atoms with E-state index in [1.165, 1.54) is 22.3 Å². The van der Waals surface area contributed by atoms with E-state index in [0.29, 0.717) is 31.4 Å². The van der Waals surface area contributed by atoms with Gasteiger partial charge in [-0.1, -0.05) is 91.0 Å². The third kappa shape index (κ3) is 4.59. The van der Waals surface area contributed by atoms with Gasteiger partial charge in [-0.3, -0.25) is 0 Å². The summed E-state index contributed by atoms with van der Waals surface area (Å²) in [4.78, 5) is 15.3. The molecule has 204 valence electrons. The van der Waals surface area contributed by atoms with E-state index < -0.39 is 5.60 Å². The normalized spacial score (nSPS) is 22.6. The van der Waals surface area contributed by atoms with Crippen LogP contribution in [-0.4, -0.2) is 40.4 Å². The highest BCUT2D eigenvalue weighted by molar-refractivity contribution is 5.79. The minimum Gasteiger partial charge on any atom is -0.448 e. The zero-order chi connectivity index (χ0) is 28.0. The SMILES string of the molecule is N#Cc1ccccc1-c1ccc(CC2(O)CC3CCC(C2)N3C(=O)OCC2c3ccccc3-c3ccccc32)cc1. The van der Waals surface area contributed by atoms with Gasteiger partial charge in [-0.25, -0.2) is 4.79 Å². The van der Waals surface area contributed by atoms with Gasteiger partial charge in [0.2, 0.25) is 0 Å². The molecule has 2 unspecified atom stereocenters. The highest BCUT2D eigenvalue weighted by Gasteiger charge is 2.50. The van der Waals surface area contributed by atoms with Crippen LogP contribution in [0.1, 0.15) is 53.9 Å². The van der Waals surface area contributed by atoms with Crippen molar-refractivity contribution in [3.05, 3.63) is 119 Å². The highest BCUT2D eigenvalue weighted by Crippen LogP contribution is 2.46. The van der Waals surface area contributed by atoms with Crippen LogP contribution in [0.25, 0.3) is 22.3 Å². The molecule has 1 amide bonds. The Balaban J connectivity index is 1.02. The van der Waals surface area contributed by atoms with E-state index in [4.69, 9.17) is 4.74 Å². The van der Waals surface area contributed by atoms with E-state index in [0.717, 1.165) is 29.5 Å². The lowest BCUT2D eigenvalue weighted by Gasteiger charge is -2.43. The Hall–Kier alpha value is -4.40. The molecule has 3 aliphatic rings. The van der Waals surface area contributed by atoms with E-state index in [1.54, 1.807) is 0 Å². The number of amides is 1. The minimum absolute atomic E-state index is 0.0174. The maximum absolute atomic E-state index is 13.4. The summed E-state index contributed by atoms with van der Waals surface area (Å²) in [6.07, 6.45) is 3.15. The van der Waals surface area contributed by atoms with Crippen molar-refractivity contribution in [1.29, 1.82) is 5.26 Å². The second kappa shape index (κ2) is 10.2. The molecule has 0 saturated carbocycles. The van der Waals surface area contributed by atoms with Crippen LogP contribution in [0.15, 0.2) is 97.1 Å². The van der Waals surface area contributed by atoms with Crippen molar-refractivity contribution in [3.8, 4) is 28.3 Å². The predicted molar refractivity (Wildman–Crippen MR) is 158 cm³/mol. The fraction of sp³-hybridized carbons (Fsp3) is 0.278. The van der Waals surface area contributed by atoms with Gasteiger partial charge in [-0.2, -0.15) is 5.26 Å². The zero-order valence-electron chi connectivity index (χ0n) is 22.9. The summed E-state index contributed by atoms with van der Waals surface area (Å²) < 4.78 is 6.00. The number of aliphatic hydroxyl groups is 1. The second-order valence-electron chi connectivity index (χ2n) is 11.8. The number of fused-ring (bicyclic) bond motifs is 5. The molecule has 4 aromatic rings. The number of carbonyl (C=O) groups excluding carboxylic acids is 1. The monoisotopic (exact) mass is 540 g/mol. The summed E-state index contributed by atoms with van der Waals surface area (Å²) in [6.45, 7) is 0.314. The van der Waals surface area contributed by atoms with E-state index in [-0.39, 0.29) is 24.1 Å².